The molecule has 0 saturated carbocycles. The van der Waals surface area contributed by atoms with E-state index >= 15 is 0 Å². The second kappa shape index (κ2) is 6.70. The fraction of sp³-hybridized carbons (Fsp3) is 0.333. The van der Waals surface area contributed by atoms with Crippen molar-refractivity contribution in [3.8, 4) is 0 Å². The van der Waals surface area contributed by atoms with Crippen LogP contribution in [0.3, 0.4) is 0 Å². The van der Waals surface area contributed by atoms with Gasteiger partial charge in [0.05, 0.1) is 0 Å². The largest absolute Gasteiger partial charge is 0.384 e. The first kappa shape index (κ1) is 14.8. The van der Waals surface area contributed by atoms with E-state index in [1.807, 2.05) is 26.8 Å². The molecule has 0 aliphatic carbocycles. The van der Waals surface area contributed by atoms with Crippen LogP contribution in [0.5, 0.6) is 0 Å². The average Bonchev–Trinajstić information content (AvgIpc) is 2.41. The van der Waals surface area contributed by atoms with Crippen LogP contribution in [0.1, 0.15) is 17.0 Å². The van der Waals surface area contributed by atoms with E-state index in [0.717, 1.165) is 40.1 Å². The number of nitrogens with zero attached hydrogens (tertiary/aromatic N) is 2. The summed E-state index contributed by atoms with van der Waals surface area (Å²) >= 11 is 1.60. The van der Waals surface area contributed by atoms with Gasteiger partial charge in [0.25, 0.3) is 0 Å². The number of rotatable bonds is 5. The number of aromatic nitrogens is 2. The fourth-order valence-corrected chi connectivity index (χ4v) is 2.53. The third-order valence-corrected chi connectivity index (χ3v) is 3.95. The smallest absolute Gasteiger partial charge is 0.188 e. The molecule has 0 atom stereocenters. The molecular weight excluding hydrogens is 273 g/mol. The molecular formula is C15H18FN3S. The molecule has 0 spiro atoms. The molecule has 1 aromatic carbocycles. The van der Waals surface area contributed by atoms with Crippen LogP contribution in [-0.4, -0.2) is 22.3 Å². The molecule has 0 unspecified atom stereocenters. The molecule has 2 rings (SSSR count). The third kappa shape index (κ3) is 3.93. The number of halogens is 1. The predicted molar refractivity (Wildman–Crippen MR) is 81.9 cm³/mol. The lowest BCUT2D eigenvalue weighted by molar-refractivity contribution is 0.628. The first-order valence-electron chi connectivity index (χ1n) is 6.50. The quantitative estimate of drug-likeness (QED) is 0.517. The van der Waals surface area contributed by atoms with Gasteiger partial charge in [0, 0.05) is 29.4 Å². The number of nitrogens with one attached hydrogen (secondary N) is 1. The van der Waals surface area contributed by atoms with Crippen LogP contribution in [0.4, 0.5) is 10.1 Å². The number of benzene rings is 1. The Morgan fingerprint density at radius 3 is 2.50 bits per heavy atom. The summed E-state index contributed by atoms with van der Waals surface area (Å²) in [5.41, 5.74) is 3.99. The van der Waals surface area contributed by atoms with Crippen molar-refractivity contribution in [3.05, 3.63) is 47.0 Å². The summed E-state index contributed by atoms with van der Waals surface area (Å²) in [5, 5.41) is 3.98. The highest BCUT2D eigenvalue weighted by Crippen LogP contribution is 2.17. The minimum Gasteiger partial charge on any atom is -0.384 e. The topological polar surface area (TPSA) is 37.8 Å². The van der Waals surface area contributed by atoms with Crippen molar-refractivity contribution in [3.63, 3.8) is 0 Å². The maximum absolute atomic E-state index is 13.0. The molecule has 1 N–H and O–H groups in total. The summed E-state index contributed by atoms with van der Waals surface area (Å²) in [6.07, 6.45) is 0. The molecule has 0 radical (unpaired) electrons. The van der Waals surface area contributed by atoms with E-state index in [1.165, 1.54) is 12.1 Å². The molecule has 0 aliphatic heterocycles. The van der Waals surface area contributed by atoms with Crippen molar-refractivity contribution in [1.29, 1.82) is 0 Å². The monoisotopic (exact) mass is 291 g/mol. The van der Waals surface area contributed by atoms with Crippen molar-refractivity contribution in [1.82, 2.24) is 9.97 Å². The predicted octanol–water partition coefficient (Wildman–Crippen LogP) is 3.75. The van der Waals surface area contributed by atoms with Crippen LogP contribution in [0.15, 0.2) is 29.4 Å². The molecule has 0 amide bonds. The van der Waals surface area contributed by atoms with Gasteiger partial charge >= 0.3 is 0 Å². The van der Waals surface area contributed by atoms with Crippen LogP contribution in [0.2, 0.25) is 0 Å². The highest BCUT2D eigenvalue weighted by molar-refractivity contribution is 7.99. The van der Waals surface area contributed by atoms with E-state index in [1.54, 1.807) is 17.8 Å². The number of hydrogen-bond donors (Lipinski definition) is 1. The molecule has 1 heterocycles. The lowest BCUT2D eigenvalue weighted by Gasteiger charge is -2.08. The van der Waals surface area contributed by atoms with Gasteiger partial charge in [0.2, 0.25) is 0 Å². The van der Waals surface area contributed by atoms with Crippen LogP contribution < -0.4 is 5.32 Å². The Morgan fingerprint density at radius 2 is 1.85 bits per heavy atom. The number of aryl methyl sites for hydroxylation is 2. The van der Waals surface area contributed by atoms with Crippen LogP contribution in [-0.2, 0) is 0 Å². The van der Waals surface area contributed by atoms with Crippen molar-refractivity contribution < 1.29 is 4.39 Å². The molecule has 5 heteroatoms. The van der Waals surface area contributed by atoms with Crippen LogP contribution in [0, 0.1) is 26.6 Å². The Balaban J connectivity index is 1.84. The summed E-state index contributed by atoms with van der Waals surface area (Å²) in [6, 6.07) is 6.47. The molecule has 1 aromatic heterocycles. The fourth-order valence-electron chi connectivity index (χ4n) is 1.74. The van der Waals surface area contributed by atoms with Gasteiger partial charge in [-0.05, 0) is 44.5 Å². The van der Waals surface area contributed by atoms with E-state index in [4.69, 9.17) is 0 Å². The average molecular weight is 291 g/mol. The van der Waals surface area contributed by atoms with Gasteiger partial charge in [-0.15, -0.1) is 0 Å². The summed E-state index contributed by atoms with van der Waals surface area (Å²) in [6.45, 7) is 6.77. The van der Waals surface area contributed by atoms with Crippen molar-refractivity contribution >= 4 is 17.4 Å². The van der Waals surface area contributed by atoms with Crippen LogP contribution >= 0.6 is 11.8 Å². The third-order valence-electron chi connectivity index (χ3n) is 3.10. The molecule has 2 aromatic rings. The van der Waals surface area contributed by atoms with E-state index in [0.29, 0.717) is 0 Å². The minimum atomic E-state index is -0.226. The molecule has 0 saturated heterocycles. The van der Waals surface area contributed by atoms with Crippen molar-refractivity contribution in [2.24, 2.45) is 0 Å². The Labute approximate surface area is 123 Å². The molecule has 3 nitrogen and oxygen atoms in total. The van der Waals surface area contributed by atoms with Gasteiger partial charge in [0.1, 0.15) is 5.82 Å². The SMILES string of the molecule is Cc1nc(SCCNc2cccc(F)c2)nc(C)c1C. The Kier molecular flexibility index (Phi) is 4.95. The van der Waals surface area contributed by atoms with Crippen LogP contribution in [0.25, 0.3) is 0 Å². The van der Waals surface area contributed by atoms with E-state index in [2.05, 4.69) is 15.3 Å². The standard InChI is InChI=1S/C15H18FN3S/c1-10-11(2)18-15(19-12(10)3)20-8-7-17-14-6-4-5-13(16)9-14/h4-6,9,17H,7-8H2,1-3H3. The maximum atomic E-state index is 13.0. The lowest BCUT2D eigenvalue weighted by atomic mass is 10.2. The van der Waals surface area contributed by atoms with Gasteiger partial charge < -0.3 is 5.32 Å². The molecule has 106 valence electrons. The molecule has 0 aliphatic rings. The molecule has 0 bridgehead atoms. The second-order valence-electron chi connectivity index (χ2n) is 4.59. The molecule has 20 heavy (non-hydrogen) atoms. The first-order chi connectivity index (χ1) is 9.56. The van der Waals surface area contributed by atoms with Crippen molar-refractivity contribution in [2.75, 3.05) is 17.6 Å². The first-order valence-corrected chi connectivity index (χ1v) is 7.49. The number of hydrogen-bond acceptors (Lipinski definition) is 4. The lowest BCUT2D eigenvalue weighted by Crippen LogP contribution is -2.05. The zero-order valence-corrected chi connectivity index (χ0v) is 12.7. The zero-order valence-electron chi connectivity index (χ0n) is 11.9. The normalized spacial score (nSPS) is 10.6. The number of thioether (sulfide) groups is 1. The van der Waals surface area contributed by atoms with Gasteiger partial charge in [-0.25, -0.2) is 14.4 Å². The van der Waals surface area contributed by atoms with Gasteiger partial charge in [-0.3, -0.25) is 0 Å². The summed E-state index contributed by atoms with van der Waals surface area (Å²) in [7, 11) is 0. The Hall–Kier alpha value is -1.62. The van der Waals surface area contributed by atoms with E-state index in [-0.39, 0.29) is 5.82 Å². The highest BCUT2D eigenvalue weighted by atomic mass is 32.2. The Bertz CT molecular complexity index is 578. The maximum Gasteiger partial charge on any atom is 0.188 e. The van der Waals surface area contributed by atoms with Gasteiger partial charge in [-0.2, -0.15) is 0 Å². The van der Waals surface area contributed by atoms with E-state index < -0.39 is 0 Å². The van der Waals surface area contributed by atoms with Gasteiger partial charge in [0.15, 0.2) is 5.16 Å². The van der Waals surface area contributed by atoms with Crippen molar-refractivity contribution in [2.45, 2.75) is 25.9 Å². The minimum absolute atomic E-state index is 0.226. The van der Waals surface area contributed by atoms with Gasteiger partial charge in [-0.1, -0.05) is 17.8 Å². The number of anilines is 1. The summed E-state index contributed by atoms with van der Waals surface area (Å²) < 4.78 is 13.0. The second-order valence-corrected chi connectivity index (χ2v) is 5.65. The highest BCUT2D eigenvalue weighted by Gasteiger charge is 2.04. The summed E-state index contributed by atoms with van der Waals surface area (Å²) in [5.74, 6) is 0.606. The molecule has 0 fully saturated rings. The summed E-state index contributed by atoms with van der Waals surface area (Å²) in [4.78, 5) is 8.91. The van der Waals surface area contributed by atoms with E-state index in [9.17, 15) is 4.39 Å². The zero-order chi connectivity index (χ0) is 14.5. The Morgan fingerprint density at radius 1 is 1.15 bits per heavy atom.